The van der Waals surface area contributed by atoms with E-state index in [1.165, 1.54) is 6.92 Å². The van der Waals surface area contributed by atoms with Crippen molar-refractivity contribution in [2.75, 3.05) is 13.0 Å². The van der Waals surface area contributed by atoms with Gasteiger partial charge in [-0.15, -0.1) is 11.6 Å². The molecular weight excluding hydrogens is 356 g/mol. The predicted molar refractivity (Wildman–Crippen MR) is 106 cm³/mol. The molecule has 0 unspecified atom stereocenters. The molecule has 0 fully saturated rings. The van der Waals surface area contributed by atoms with Gasteiger partial charge in [-0.1, -0.05) is 32.9 Å². The van der Waals surface area contributed by atoms with Crippen LogP contribution in [0.15, 0.2) is 24.3 Å². The van der Waals surface area contributed by atoms with E-state index < -0.39 is 14.4 Å². The van der Waals surface area contributed by atoms with Crippen molar-refractivity contribution >= 4 is 32.0 Å². The average molecular weight is 385 g/mol. The third-order valence-electron chi connectivity index (χ3n) is 4.33. The molecule has 1 atom stereocenters. The van der Waals surface area contributed by atoms with Gasteiger partial charge < -0.3 is 13.9 Å². The summed E-state index contributed by atoms with van der Waals surface area (Å²) in [6.45, 7) is 12.4. The molecule has 0 spiro atoms. The lowest BCUT2D eigenvalue weighted by atomic mass is 10.1. The molecule has 0 heterocycles. The van der Waals surface area contributed by atoms with Crippen molar-refractivity contribution in [2.24, 2.45) is 0 Å². The van der Waals surface area contributed by atoms with E-state index in [1.807, 2.05) is 24.3 Å². The number of halogens is 1. The van der Waals surface area contributed by atoms with Crippen LogP contribution in [0.25, 0.3) is 6.08 Å². The van der Waals surface area contributed by atoms with Crippen LogP contribution in [0.2, 0.25) is 18.1 Å². The van der Waals surface area contributed by atoms with Crippen LogP contribution in [-0.2, 0) is 9.53 Å². The SMILES string of the molecule is COc1cc(/C=C/[C@@H](CCl)OC(C)=O)ccc1O[Si](C)(C)C(C)(C)C. The topological polar surface area (TPSA) is 44.8 Å². The van der Waals surface area contributed by atoms with Crippen LogP contribution in [0, 0.1) is 0 Å². The van der Waals surface area contributed by atoms with Crippen molar-refractivity contribution in [3.8, 4) is 11.5 Å². The maximum atomic E-state index is 11.0. The summed E-state index contributed by atoms with van der Waals surface area (Å²) in [7, 11) is -0.318. The number of methoxy groups -OCH3 is 1. The molecule has 1 aromatic rings. The zero-order valence-electron chi connectivity index (χ0n) is 16.2. The molecule has 4 nitrogen and oxygen atoms in total. The first-order valence-electron chi connectivity index (χ1n) is 8.28. The van der Waals surface area contributed by atoms with Gasteiger partial charge in [0.25, 0.3) is 8.32 Å². The minimum absolute atomic E-state index is 0.105. The lowest BCUT2D eigenvalue weighted by Crippen LogP contribution is -2.43. The molecule has 0 aromatic heterocycles. The molecular formula is C19H29ClO4Si. The number of hydrogen-bond donors (Lipinski definition) is 0. The van der Waals surface area contributed by atoms with Crippen LogP contribution in [0.1, 0.15) is 33.3 Å². The lowest BCUT2D eigenvalue weighted by Gasteiger charge is -2.36. The molecule has 0 aliphatic heterocycles. The van der Waals surface area contributed by atoms with Crippen molar-refractivity contribution in [3.63, 3.8) is 0 Å². The van der Waals surface area contributed by atoms with Gasteiger partial charge in [-0.05, 0) is 41.9 Å². The van der Waals surface area contributed by atoms with Crippen molar-refractivity contribution in [1.29, 1.82) is 0 Å². The van der Waals surface area contributed by atoms with Gasteiger partial charge in [0.2, 0.25) is 0 Å². The quantitative estimate of drug-likeness (QED) is 0.365. The molecule has 0 aliphatic carbocycles. The predicted octanol–water partition coefficient (Wildman–Crippen LogP) is 5.26. The standard InChI is InChI=1S/C19H29ClO4Si/c1-14(21)23-16(13-20)10-8-15-9-11-17(18(12-15)22-5)24-25(6,7)19(2,3)4/h8-12,16H,13H2,1-7H3/b10-8+/t16-/m0/s1. The van der Waals surface area contributed by atoms with Gasteiger partial charge >= 0.3 is 5.97 Å². The second-order valence-corrected chi connectivity index (χ2v) is 12.5. The summed E-state index contributed by atoms with van der Waals surface area (Å²) in [5.74, 6) is 1.28. The highest BCUT2D eigenvalue weighted by Gasteiger charge is 2.39. The Labute approximate surface area is 157 Å². The third-order valence-corrected chi connectivity index (χ3v) is 8.98. The number of esters is 1. The van der Waals surface area contributed by atoms with Gasteiger partial charge in [-0.3, -0.25) is 4.79 Å². The van der Waals surface area contributed by atoms with Crippen LogP contribution in [0.5, 0.6) is 11.5 Å². The zero-order valence-corrected chi connectivity index (χ0v) is 17.9. The summed E-state index contributed by atoms with van der Waals surface area (Å²) in [5.41, 5.74) is 0.918. The number of rotatable bonds is 7. The fourth-order valence-electron chi connectivity index (χ4n) is 1.85. The number of ether oxygens (including phenoxy) is 2. The molecule has 0 aliphatic rings. The summed E-state index contributed by atoms with van der Waals surface area (Å²) in [6.07, 6.45) is 3.17. The number of alkyl halides is 1. The van der Waals surface area contributed by atoms with Gasteiger partial charge in [0.05, 0.1) is 13.0 Å². The summed E-state index contributed by atoms with van der Waals surface area (Å²) < 4.78 is 16.9. The van der Waals surface area contributed by atoms with E-state index in [4.69, 9.17) is 25.5 Å². The molecule has 140 valence electrons. The Balaban J connectivity index is 3.00. The van der Waals surface area contributed by atoms with Crippen LogP contribution in [0.3, 0.4) is 0 Å². The molecule has 1 aromatic carbocycles. The molecule has 0 N–H and O–H groups in total. The number of benzene rings is 1. The summed E-state index contributed by atoms with van der Waals surface area (Å²) in [4.78, 5) is 11.0. The largest absolute Gasteiger partial charge is 0.541 e. The van der Waals surface area contributed by atoms with Gasteiger partial charge in [-0.2, -0.15) is 0 Å². The lowest BCUT2D eigenvalue weighted by molar-refractivity contribution is -0.143. The molecule has 1 rings (SSSR count). The van der Waals surface area contributed by atoms with Gasteiger partial charge in [0, 0.05) is 6.92 Å². The molecule has 25 heavy (non-hydrogen) atoms. The van der Waals surface area contributed by atoms with E-state index in [0.29, 0.717) is 5.75 Å². The smallest absolute Gasteiger partial charge is 0.303 e. The summed E-state index contributed by atoms with van der Waals surface area (Å²) in [6, 6.07) is 5.76. The number of hydrogen-bond acceptors (Lipinski definition) is 4. The normalized spacial score (nSPS) is 13.6. The van der Waals surface area contributed by atoms with Crippen LogP contribution >= 0.6 is 11.6 Å². The third kappa shape index (κ3) is 6.40. The van der Waals surface area contributed by atoms with E-state index >= 15 is 0 Å². The Morgan fingerprint density at radius 1 is 1.28 bits per heavy atom. The highest BCUT2D eigenvalue weighted by molar-refractivity contribution is 6.74. The van der Waals surface area contributed by atoms with E-state index in [1.54, 1.807) is 13.2 Å². The maximum absolute atomic E-state index is 11.0. The first-order valence-corrected chi connectivity index (χ1v) is 11.7. The van der Waals surface area contributed by atoms with Crippen molar-refractivity contribution < 1.29 is 18.7 Å². The first-order chi connectivity index (χ1) is 11.5. The molecule has 0 bridgehead atoms. The van der Waals surface area contributed by atoms with Gasteiger partial charge in [0.15, 0.2) is 5.75 Å². The highest BCUT2D eigenvalue weighted by Crippen LogP contribution is 2.40. The molecule has 0 saturated heterocycles. The van der Waals surface area contributed by atoms with Gasteiger partial charge in [-0.25, -0.2) is 0 Å². The fraction of sp³-hybridized carbons (Fsp3) is 0.526. The van der Waals surface area contributed by atoms with E-state index in [0.717, 1.165) is 11.3 Å². The Kier molecular flexibility index (Phi) is 7.56. The van der Waals surface area contributed by atoms with Crippen LogP contribution < -0.4 is 9.16 Å². The zero-order chi connectivity index (χ0) is 19.3. The van der Waals surface area contributed by atoms with Crippen molar-refractivity contribution in [2.45, 2.75) is 51.9 Å². The van der Waals surface area contributed by atoms with Crippen molar-refractivity contribution in [3.05, 3.63) is 29.8 Å². The number of carbonyl (C=O) groups excluding carboxylic acids is 1. The van der Waals surface area contributed by atoms with Crippen molar-refractivity contribution in [1.82, 2.24) is 0 Å². The molecule has 6 heteroatoms. The average Bonchev–Trinajstić information content (AvgIpc) is 2.50. The Morgan fingerprint density at radius 2 is 1.92 bits per heavy atom. The second kappa shape index (κ2) is 8.76. The Bertz CT molecular complexity index is 620. The van der Waals surface area contributed by atoms with E-state index in [-0.39, 0.29) is 16.9 Å². The minimum Gasteiger partial charge on any atom is -0.541 e. The minimum atomic E-state index is -1.94. The van der Waals surface area contributed by atoms with Crippen LogP contribution in [0.4, 0.5) is 0 Å². The van der Waals surface area contributed by atoms with Crippen LogP contribution in [-0.4, -0.2) is 33.4 Å². The maximum Gasteiger partial charge on any atom is 0.303 e. The fourth-order valence-corrected chi connectivity index (χ4v) is 3.04. The Morgan fingerprint density at radius 3 is 2.40 bits per heavy atom. The molecule has 0 radical (unpaired) electrons. The Hall–Kier alpha value is -1.46. The summed E-state index contributed by atoms with van der Waals surface area (Å²) in [5, 5.41) is 0.105. The van der Waals surface area contributed by atoms with E-state index in [9.17, 15) is 4.79 Å². The van der Waals surface area contributed by atoms with E-state index in [2.05, 4.69) is 33.9 Å². The first kappa shape index (κ1) is 21.6. The van der Waals surface area contributed by atoms with Gasteiger partial charge in [0.1, 0.15) is 11.9 Å². The molecule has 0 saturated carbocycles. The number of carbonyl (C=O) groups is 1. The highest BCUT2D eigenvalue weighted by atomic mass is 35.5. The second-order valence-electron chi connectivity index (χ2n) is 7.43. The summed E-state index contributed by atoms with van der Waals surface area (Å²) >= 11 is 5.81. The monoisotopic (exact) mass is 384 g/mol. The molecule has 0 amide bonds.